The fourth-order valence-corrected chi connectivity index (χ4v) is 2.58. The monoisotopic (exact) mass is 252 g/mol. The van der Waals surface area contributed by atoms with Gasteiger partial charge in [0.15, 0.2) is 0 Å². The van der Waals surface area contributed by atoms with Gasteiger partial charge in [0.25, 0.3) is 0 Å². The second-order valence-electron chi connectivity index (χ2n) is 4.70. The SMILES string of the molecule is NC(=S)C1CCCN(CCCn2ccnc2)C1. The highest BCUT2D eigenvalue weighted by Crippen LogP contribution is 2.16. The Morgan fingerprint density at radius 2 is 2.35 bits per heavy atom. The molecule has 2 heterocycles. The summed E-state index contributed by atoms with van der Waals surface area (Å²) in [5.74, 6) is 0.423. The number of likely N-dealkylation sites (tertiary alicyclic amines) is 1. The van der Waals surface area contributed by atoms with Gasteiger partial charge in [-0.2, -0.15) is 0 Å². The molecule has 0 aromatic carbocycles. The van der Waals surface area contributed by atoms with Gasteiger partial charge in [-0.1, -0.05) is 12.2 Å². The zero-order valence-electron chi connectivity index (χ0n) is 10.1. The van der Waals surface area contributed by atoms with E-state index in [1.165, 1.54) is 13.0 Å². The molecule has 0 saturated carbocycles. The van der Waals surface area contributed by atoms with Crippen LogP contribution in [0.15, 0.2) is 18.7 Å². The molecule has 0 aliphatic carbocycles. The minimum absolute atomic E-state index is 0.423. The number of rotatable bonds is 5. The van der Waals surface area contributed by atoms with Gasteiger partial charge in [-0.15, -0.1) is 0 Å². The summed E-state index contributed by atoms with van der Waals surface area (Å²) in [6.07, 6.45) is 9.23. The lowest BCUT2D eigenvalue weighted by Gasteiger charge is -2.32. The van der Waals surface area contributed by atoms with Crippen molar-refractivity contribution >= 4 is 17.2 Å². The number of aryl methyl sites for hydroxylation is 1. The Balaban J connectivity index is 1.70. The van der Waals surface area contributed by atoms with Crippen LogP contribution in [0.25, 0.3) is 0 Å². The fourth-order valence-electron chi connectivity index (χ4n) is 2.39. The number of aromatic nitrogens is 2. The topological polar surface area (TPSA) is 47.1 Å². The van der Waals surface area contributed by atoms with E-state index in [1.54, 1.807) is 0 Å². The molecule has 1 unspecified atom stereocenters. The first-order valence-electron chi connectivity index (χ1n) is 6.23. The molecule has 94 valence electrons. The van der Waals surface area contributed by atoms with Crippen molar-refractivity contribution in [3.63, 3.8) is 0 Å². The molecule has 0 spiro atoms. The number of thiocarbonyl (C=S) groups is 1. The van der Waals surface area contributed by atoms with Crippen LogP contribution in [0.1, 0.15) is 19.3 Å². The number of imidazole rings is 1. The maximum Gasteiger partial charge on any atom is 0.0945 e. The number of nitrogens with two attached hydrogens (primary N) is 1. The van der Waals surface area contributed by atoms with E-state index in [4.69, 9.17) is 18.0 Å². The van der Waals surface area contributed by atoms with Crippen LogP contribution >= 0.6 is 12.2 Å². The summed E-state index contributed by atoms with van der Waals surface area (Å²) in [7, 11) is 0. The Kier molecular flexibility index (Phi) is 4.50. The maximum atomic E-state index is 5.73. The van der Waals surface area contributed by atoms with Gasteiger partial charge in [0, 0.05) is 31.4 Å². The van der Waals surface area contributed by atoms with E-state index in [9.17, 15) is 0 Å². The van der Waals surface area contributed by atoms with Crippen LogP contribution in [0, 0.1) is 5.92 Å². The van der Waals surface area contributed by atoms with Crippen molar-refractivity contribution in [2.75, 3.05) is 19.6 Å². The first-order chi connectivity index (χ1) is 8.25. The Morgan fingerprint density at radius 1 is 1.47 bits per heavy atom. The molecule has 17 heavy (non-hydrogen) atoms. The lowest BCUT2D eigenvalue weighted by molar-refractivity contribution is 0.200. The van der Waals surface area contributed by atoms with E-state index in [0.29, 0.717) is 10.9 Å². The molecule has 1 fully saturated rings. The van der Waals surface area contributed by atoms with Crippen LogP contribution in [-0.2, 0) is 6.54 Å². The smallest absolute Gasteiger partial charge is 0.0945 e. The summed E-state index contributed by atoms with van der Waals surface area (Å²) in [6, 6.07) is 0. The van der Waals surface area contributed by atoms with Crippen LogP contribution in [0.5, 0.6) is 0 Å². The van der Waals surface area contributed by atoms with Crippen molar-refractivity contribution in [1.82, 2.24) is 14.5 Å². The number of piperidine rings is 1. The molecule has 2 N–H and O–H groups in total. The van der Waals surface area contributed by atoms with E-state index in [0.717, 1.165) is 32.5 Å². The Bertz CT molecular complexity index is 349. The molecule has 0 radical (unpaired) electrons. The standard InChI is InChI=1S/C12H20N4S/c13-12(17)11-3-1-5-15(9-11)6-2-7-16-8-4-14-10-16/h4,8,10-11H,1-3,5-7,9H2,(H2,13,17). The highest BCUT2D eigenvalue weighted by molar-refractivity contribution is 7.80. The normalized spacial score (nSPS) is 21.5. The van der Waals surface area contributed by atoms with Crippen molar-refractivity contribution in [3.05, 3.63) is 18.7 Å². The van der Waals surface area contributed by atoms with E-state index >= 15 is 0 Å². The summed E-state index contributed by atoms with van der Waals surface area (Å²) < 4.78 is 2.12. The summed E-state index contributed by atoms with van der Waals surface area (Å²) in [5.41, 5.74) is 5.73. The van der Waals surface area contributed by atoms with Crippen molar-refractivity contribution in [2.45, 2.75) is 25.8 Å². The van der Waals surface area contributed by atoms with Gasteiger partial charge < -0.3 is 15.2 Å². The molecule has 1 aromatic rings. The van der Waals surface area contributed by atoms with Gasteiger partial charge in [-0.3, -0.25) is 0 Å². The lowest BCUT2D eigenvalue weighted by atomic mass is 9.98. The lowest BCUT2D eigenvalue weighted by Crippen LogP contribution is -2.41. The third-order valence-electron chi connectivity index (χ3n) is 3.36. The quantitative estimate of drug-likeness (QED) is 0.802. The molecule has 0 amide bonds. The predicted molar refractivity (Wildman–Crippen MR) is 72.8 cm³/mol. The average Bonchev–Trinajstić information content (AvgIpc) is 2.82. The highest BCUT2D eigenvalue weighted by atomic mass is 32.1. The van der Waals surface area contributed by atoms with Gasteiger partial charge in [-0.25, -0.2) is 4.98 Å². The second kappa shape index (κ2) is 6.12. The third kappa shape index (κ3) is 3.78. The first-order valence-corrected chi connectivity index (χ1v) is 6.64. The van der Waals surface area contributed by atoms with Crippen LogP contribution in [0.3, 0.4) is 0 Å². The zero-order valence-corrected chi connectivity index (χ0v) is 10.9. The Hall–Kier alpha value is -0.940. The largest absolute Gasteiger partial charge is 0.393 e. The van der Waals surface area contributed by atoms with Gasteiger partial charge in [0.05, 0.1) is 11.3 Å². The molecule has 4 nitrogen and oxygen atoms in total. The molecule has 1 saturated heterocycles. The van der Waals surface area contributed by atoms with Gasteiger partial charge in [0.2, 0.25) is 0 Å². The molecular weight excluding hydrogens is 232 g/mol. The molecule has 1 aliphatic heterocycles. The minimum atomic E-state index is 0.423. The van der Waals surface area contributed by atoms with Crippen molar-refractivity contribution in [2.24, 2.45) is 11.7 Å². The van der Waals surface area contributed by atoms with Crippen LogP contribution in [-0.4, -0.2) is 39.1 Å². The molecule has 1 aliphatic rings. The maximum absolute atomic E-state index is 5.73. The van der Waals surface area contributed by atoms with Gasteiger partial charge in [0.1, 0.15) is 0 Å². The van der Waals surface area contributed by atoms with Crippen molar-refractivity contribution < 1.29 is 0 Å². The molecule has 1 aromatic heterocycles. The van der Waals surface area contributed by atoms with Crippen LogP contribution in [0.4, 0.5) is 0 Å². The molecule has 0 bridgehead atoms. The number of hydrogen-bond donors (Lipinski definition) is 1. The van der Waals surface area contributed by atoms with Crippen LogP contribution in [0.2, 0.25) is 0 Å². The third-order valence-corrected chi connectivity index (χ3v) is 3.69. The minimum Gasteiger partial charge on any atom is -0.393 e. The summed E-state index contributed by atoms with van der Waals surface area (Å²) in [4.78, 5) is 7.20. The summed E-state index contributed by atoms with van der Waals surface area (Å²) >= 11 is 5.08. The molecule has 5 heteroatoms. The van der Waals surface area contributed by atoms with Crippen LogP contribution < -0.4 is 5.73 Å². The Labute approximate surface area is 108 Å². The molecular formula is C12H20N4S. The highest BCUT2D eigenvalue weighted by Gasteiger charge is 2.21. The van der Waals surface area contributed by atoms with Gasteiger partial charge >= 0.3 is 0 Å². The van der Waals surface area contributed by atoms with E-state index < -0.39 is 0 Å². The van der Waals surface area contributed by atoms with E-state index in [-0.39, 0.29) is 0 Å². The number of hydrogen-bond acceptors (Lipinski definition) is 3. The number of nitrogens with zero attached hydrogens (tertiary/aromatic N) is 3. The molecule has 1 atom stereocenters. The average molecular weight is 252 g/mol. The van der Waals surface area contributed by atoms with Crippen molar-refractivity contribution in [3.8, 4) is 0 Å². The zero-order chi connectivity index (χ0) is 12.1. The Morgan fingerprint density at radius 3 is 3.06 bits per heavy atom. The second-order valence-corrected chi connectivity index (χ2v) is 5.17. The summed E-state index contributed by atoms with van der Waals surface area (Å²) in [5, 5.41) is 0. The van der Waals surface area contributed by atoms with Gasteiger partial charge in [-0.05, 0) is 32.4 Å². The summed E-state index contributed by atoms with van der Waals surface area (Å²) in [6.45, 7) is 4.38. The van der Waals surface area contributed by atoms with Crippen molar-refractivity contribution in [1.29, 1.82) is 0 Å². The first kappa shape index (κ1) is 12.5. The predicted octanol–water partition coefficient (Wildman–Crippen LogP) is 1.27. The molecule has 2 rings (SSSR count). The van der Waals surface area contributed by atoms with E-state index in [1.807, 2.05) is 18.7 Å². The van der Waals surface area contributed by atoms with E-state index in [2.05, 4.69) is 14.5 Å². The fraction of sp³-hybridized carbons (Fsp3) is 0.667.